The second-order valence-corrected chi connectivity index (χ2v) is 6.50. The summed E-state index contributed by atoms with van der Waals surface area (Å²) in [5, 5.41) is 3.62. The van der Waals surface area contributed by atoms with Gasteiger partial charge in [-0.25, -0.2) is 8.42 Å². The van der Waals surface area contributed by atoms with Crippen LogP contribution in [0, 0.1) is 6.92 Å². The molecule has 2 nitrogen and oxygen atoms in total. The first-order valence-electron chi connectivity index (χ1n) is 5.05. The Labute approximate surface area is 105 Å². The lowest BCUT2D eigenvalue weighted by Gasteiger charge is -2.06. The van der Waals surface area contributed by atoms with Gasteiger partial charge in [0, 0.05) is 5.56 Å². The Morgan fingerprint density at radius 3 is 2.35 bits per heavy atom. The van der Waals surface area contributed by atoms with Crippen molar-refractivity contribution in [2.45, 2.75) is 11.8 Å². The molecule has 88 valence electrons. The van der Waals surface area contributed by atoms with Gasteiger partial charge in [0.05, 0.1) is 9.80 Å². The van der Waals surface area contributed by atoms with E-state index in [1.807, 2.05) is 12.3 Å². The summed E-state index contributed by atoms with van der Waals surface area (Å²) in [4.78, 5) is 0.446. The van der Waals surface area contributed by atoms with Gasteiger partial charge in [0.2, 0.25) is 9.84 Å². The van der Waals surface area contributed by atoms with Gasteiger partial charge in [-0.2, -0.15) is 11.3 Å². The Kier molecular flexibility index (Phi) is 3.17. The normalized spacial score (nSPS) is 11.4. The molecule has 1 aromatic carbocycles. The van der Waals surface area contributed by atoms with Crippen molar-refractivity contribution in [2.75, 3.05) is 0 Å². The molecule has 0 N–H and O–H groups in total. The zero-order valence-electron chi connectivity index (χ0n) is 9.38. The van der Waals surface area contributed by atoms with Gasteiger partial charge in [-0.1, -0.05) is 24.3 Å². The van der Waals surface area contributed by atoms with E-state index in [4.69, 9.17) is 0 Å². The Bertz CT molecular complexity index is 621. The molecule has 0 saturated heterocycles. The molecule has 2 rings (SSSR count). The van der Waals surface area contributed by atoms with Gasteiger partial charge in [0.15, 0.2) is 0 Å². The van der Waals surface area contributed by atoms with Crippen LogP contribution in [0.5, 0.6) is 0 Å². The molecule has 0 bridgehead atoms. The molecule has 0 radical (unpaired) electrons. The lowest BCUT2D eigenvalue weighted by atomic mass is 10.2. The Balaban J connectivity index is 2.44. The van der Waals surface area contributed by atoms with Crippen LogP contribution in [-0.2, 0) is 9.84 Å². The number of benzene rings is 1. The molecule has 1 heterocycles. The Morgan fingerprint density at radius 1 is 1.18 bits per heavy atom. The van der Waals surface area contributed by atoms with Crippen LogP contribution < -0.4 is 0 Å². The van der Waals surface area contributed by atoms with Crippen LogP contribution in [0.4, 0.5) is 0 Å². The van der Waals surface area contributed by atoms with E-state index in [1.54, 1.807) is 35.7 Å². The number of sulfone groups is 1. The average molecular weight is 264 g/mol. The highest BCUT2D eigenvalue weighted by Gasteiger charge is 2.20. The predicted octanol–water partition coefficient (Wildman–Crippen LogP) is 3.50. The van der Waals surface area contributed by atoms with E-state index in [1.165, 1.54) is 11.3 Å². The van der Waals surface area contributed by atoms with Crippen molar-refractivity contribution in [3.63, 3.8) is 0 Å². The fourth-order valence-corrected chi connectivity index (χ4v) is 3.40. The topological polar surface area (TPSA) is 34.1 Å². The van der Waals surface area contributed by atoms with Gasteiger partial charge >= 0.3 is 0 Å². The number of hydrogen-bond acceptors (Lipinski definition) is 3. The van der Waals surface area contributed by atoms with Crippen molar-refractivity contribution in [1.29, 1.82) is 0 Å². The van der Waals surface area contributed by atoms with Crippen molar-refractivity contribution in [3.8, 4) is 0 Å². The zero-order chi connectivity index (χ0) is 12.5. The van der Waals surface area contributed by atoms with Crippen LogP contribution in [0.1, 0.15) is 11.1 Å². The molecule has 1 aromatic heterocycles. The van der Waals surface area contributed by atoms with Crippen molar-refractivity contribution < 1.29 is 8.42 Å². The van der Waals surface area contributed by atoms with Gasteiger partial charge < -0.3 is 0 Å². The molecular formula is C13H12O2S2. The Hall–Kier alpha value is -1.39. The maximum atomic E-state index is 12.2. The molecule has 0 aliphatic rings. The Morgan fingerprint density at radius 2 is 1.82 bits per heavy atom. The number of rotatable bonds is 3. The highest BCUT2D eigenvalue weighted by molar-refractivity contribution is 8.00. The lowest BCUT2D eigenvalue weighted by molar-refractivity contribution is 0.606. The molecule has 0 unspecified atom stereocenters. The third kappa shape index (κ3) is 2.33. The van der Waals surface area contributed by atoms with Crippen LogP contribution in [0.3, 0.4) is 0 Å². The predicted molar refractivity (Wildman–Crippen MR) is 71.7 cm³/mol. The summed E-state index contributed by atoms with van der Waals surface area (Å²) in [6.07, 6.45) is 0. The minimum atomic E-state index is -3.47. The summed E-state index contributed by atoms with van der Waals surface area (Å²) in [7, 11) is -3.47. The third-order valence-electron chi connectivity index (χ3n) is 2.50. The molecular weight excluding hydrogens is 252 g/mol. The van der Waals surface area contributed by atoms with E-state index < -0.39 is 9.84 Å². The van der Waals surface area contributed by atoms with E-state index in [0.717, 1.165) is 5.56 Å². The van der Waals surface area contributed by atoms with E-state index >= 15 is 0 Å². The van der Waals surface area contributed by atoms with Crippen molar-refractivity contribution in [2.24, 2.45) is 0 Å². The molecule has 0 amide bonds. The number of hydrogen-bond donors (Lipinski definition) is 0. The molecule has 0 spiro atoms. The maximum Gasteiger partial charge on any atom is 0.206 e. The van der Waals surface area contributed by atoms with Crippen LogP contribution >= 0.6 is 11.3 Å². The molecule has 0 saturated carbocycles. The number of thiophene rings is 1. The molecule has 4 heteroatoms. The highest BCUT2D eigenvalue weighted by Crippen LogP contribution is 2.27. The van der Waals surface area contributed by atoms with Gasteiger partial charge in [-0.05, 0) is 35.9 Å². The molecule has 0 aliphatic carbocycles. The van der Waals surface area contributed by atoms with Crippen molar-refractivity contribution in [3.05, 3.63) is 58.8 Å². The number of aryl methyl sites for hydroxylation is 1. The summed E-state index contributed by atoms with van der Waals surface area (Å²) in [6.45, 7) is 5.61. The summed E-state index contributed by atoms with van der Waals surface area (Å²) >= 11 is 1.46. The minimum Gasteiger partial charge on any atom is -0.219 e. The summed E-state index contributed by atoms with van der Waals surface area (Å²) < 4.78 is 24.5. The lowest BCUT2D eigenvalue weighted by Crippen LogP contribution is -2.02. The largest absolute Gasteiger partial charge is 0.219 e. The molecule has 0 aliphatic heterocycles. The fourth-order valence-electron chi connectivity index (χ4n) is 1.44. The average Bonchev–Trinajstić information content (AvgIpc) is 2.82. The first kappa shape index (κ1) is 12.1. The quantitative estimate of drug-likeness (QED) is 0.850. The van der Waals surface area contributed by atoms with Gasteiger partial charge in [-0.3, -0.25) is 0 Å². The van der Waals surface area contributed by atoms with Gasteiger partial charge in [-0.15, -0.1) is 0 Å². The molecule has 17 heavy (non-hydrogen) atoms. The molecule has 2 aromatic rings. The standard InChI is InChI=1S/C13H12O2S2/c1-10-3-5-13(6-4-10)17(14,15)11(2)12-7-8-16-9-12/h3-9H,2H2,1H3. The molecule has 0 atom stereocenters. The van der Waals surface area contributed by atoms with Crippen LogP contribution in [-0.4, -0.2) is 8.42 Å². The van der Waals surface area contributed by atoms with Gasteiger partial charge in [0.25, 0.3) is 0 Å². The fraction of sp³-hybridized carbons (Fsp3) is 0.0769. The zero-order valence-corrected chi connectivity index (χ0v) is 11.0. The smallest absolute Gasteiger partial charge is 0.206 e. The molecule has 0 fully saturated rings. The van der Waals surface area contributed by atoms with E-state index in [9.17, 15) is 8.42 Å². The summed E-state index contributed by atoms with van der Waals surface area (Å²) in [5.74, 6) is 0. The van der Waals surface area contributed by atoms with Crippen LogP contribution in [0.2, 0.25) is 0 Å². The SMILES string of the molecule is C=C(c1ccsc1)S(=O)(=O)c1ccc(C)cc1. The van der Waals surface area contributed by atoms with Crippen LogP contribution in [0.15, 0.2) is 52.6 Å². The first-order chi connectivity index (χ1) is 8.01. The van der Waals surface area contributed by atoms with Gasteiger partial charge in [0.1, 0.15) is 0 Å². The van der Waals surface area contributed by atoms with E-state index in [0.29, 0.717) is 10.5 Å². The second-order valence-electron chi connectivity index (χ2n) is 3.75. The van der Waals surface area contributed by atoms with E-state index in [-0.39, 0.29) is 4.91 Å². The highest BCUT2D eigenvalue weighted by atomic mass is 32.2. The monoisotopic (exact) mass is 264 g/mol. The third-order valence-corrected chi connectivity index (χ3v) is 4.96. The maximum absolute atomic E-state index is 12.2. The van der Waals surface area contributed by atoms with E-state index in [2.05, 4.69) is 6.58 Å². The van der Waals surface area contributed by atoms with Crippen LogP contribution in [0.25, 0.3) is 4.91 Å². The minimum absolute atomic E-state index is 0.155. The van der Waals surface area contributed by atoms with Crippen molar-refractivity contribution in [1.82, 2.24) is 0 Å². The van der Waals surface area contributed by atoms with Crippen molar-refractivity contribution >= 4 is 26.1 Å². The summed E-state index contributed by atoms with van der Waals surface area (Å²) in [5.41, 5.74) is 1.70. The summed E-state index contributed by atoms with van der Waals surface area (Å²) in [6, 6.07) is 8.56. The first-order valence-corrected chi connectivity index (χ1v) is 7.47. The second kappa shape index (κ2) is 4.47.